The van der Waals surface area contributed by atoms with Crippen LogP contribution in [0.1, 0.15) is 45.0 Å². The van der Waals surface area contributed by atoms with Gasteiger partial charge in [0, 0.05) is 76.8 Å². The molecule has 0 saturated carbocycles. The minimum absolute atomic E-state index is 0.0337. The van der Waals surface area contributed by atoms with Gasteiger partial charge in [0.15, 0.2) is 0 Å². The summed E-state index contributed by atoms with van der Waals surface area (Å²) >= 11 is 0. The minimum Gasteiger partial charge on any atom is -0.341 e. The maximum Gasteiger partial charge on any atom is 0.224 e. The van der Waals surface area contributed by atoms with E-state index < -0.39 is 0 Å². The van der Waals surface area contributed by atoms with Crippen LogP contribution in [-0.4, -0.2) is 67.1 Å². The molecule has 8 heteroatoms. The summed E-state index contributed by atoms with van der Waals surface area (Å²) in [4.78, 5) is 33.4. The Bertz CT molecular complexity index is 770. The van der Waals surface area contributed by atoms with Crippen LogP contribution in [0.3, 0.4) is 0 Å². The molecule has 0 bridgehead atoms. The van der Waals surface area contributed by atoms with Crippen LogP contribution in [0.4, 0.5) is 0 Å². The van der Waals surface area contributed by atoms with E-state index in [9.17, 15) is 9.59 Å². The van der Waals surface area contributed by atoms with Crippen molar-refractivity contribution in [3.63, 3.8) is 0 Å². The van der Waals surface area contributed by atoms with Crippen LogP contribution in [0.15, 0.2) is 30.9 Å². The fourth-order valence-electron chi connectivity index (χ4n) is 3.67. The summed E-state index contributed by atoms with van der Waals surface area (Å²) in [6, 6.07) is 1.90. The number of rotatable bonds is 7. The van der Waals surface area contributed by atoms with E-state index in [1.54, 1.807) is 12.4 Å². The van der Waals surface area contributed by atoms with Crippen molar-refractivity contribution in [1.29, 1.82) is 0 Å². The third-order valence-corrected chi connectivity index (χ3v) is 5.33. The molecule has 1 atom stereocenters. The summed E-state index contributed by atoms with van der Waals surface area (Å²) < 4.78 is 3.86. The van der Waals surface area contributed by atoms with Gasteiger partial charge in [-0.1, -0.05) is 6.92 Å². The van der Waals surface area contributed by atoms with Crippen LogP contribution in [-0.2, 0) is 22.6 Å². The second kappa shape index (κ2) is 9.52. The number of hydrogen-bond donors (Lipinski definition) is 0. The molecule has 2 aromatic heterocycles. The van der Waals surface area contributed by atoms with E-state index in [2.05, 4.69) is 17.0 Å². The molecule has 1 saturated heterocycles. The van der Waals surface area contributed by atoms with Gasteiger partial charge in [-0.2, -0.15) is 5.10 Å². The number of amides is 2. The van der Waals surface area contributed by atoms with E-state index in [0.717, 1.165) is 18.7 Å². The topological polar surface area (TPSA) is 76.3 Å². The molecule has 1 unspecified atom stereocenters. The smallest absolute Gasteiger partial charge is 0.224 e. The molecule has 0 radical (unpaired) electrons. The zero-order chi connectivity index (χ0) is 19.9. The predicted molar refractivity (Wildman–Crippen MR) is 106 cm³/mol. The first-order valence-electron chi connectivity index (χ1n) is 10.1. The number of imidazole rings is 1. The molecule has 8 nitrogen and oxygen atoms in total. The van der Waals surface area contributed by atoms with Crippen molar-refractivity contribution in [2.24, 2.45) is 0 Å². The molecule has 1 fully saturated rings. The molecule has 3 heterocycles. The van der Waals surface area contributed by atoms with Gasteiger partial charge in [0.2, 0.25) is 11.8 Å². The predicted octanol–water partition coefficient (Wildman–Crippen LogP) is 1.74. The molecule has 0 aliphatic carbocycles. The Labute approximate surface area is 166 Å². The van der Waals surface area contributed by atoms with E-state index in [0.29, 0.717) is 45.6 Å². The highest BCUT2D eigenvalue weighted by atomic mass is 16.2. The van der Waals surface area contributed by atoms with Crippen LogP contribution in [0, 0.1) is 0 Å². The standard InChI is InChI=1S/C20H30N6O2/c1-3-18-21-8-13-23(18)12-6-19(27)24-9-5-10-25(15-14-24)20(28)16-17(2)26-11-4-7-22-26/h4,7-8,11,13,17H,3,5-6,9-10,12,14-16H2,1-2H3. The van der Waals surface area contributed by atoms with Gasteiger partial charge in [-0.05, 0) is 19.4 Å². The van der Waals surface area contributed by atoms with Crippen LogP contribution in [0.5, 0.6) is 0 Å². The second-order valence-electron chi connectivity index (χ2n) is 7.29. The first kappa shape index (κ1) is 20.1. The first-order chi connectivity index (χ1) is 13.6. The zero-order valence-electron chi connectivity index (χ0n) is 16.8. The highest BCUT2D eigenvalue weighted by molar-refractivity contribution is 5.78. The van der Waals surface area contributed by atoms with Gasteiger partial charge in [-0.25, -0.2) is 4.98 Å². The highest BCUT2D eigenvalue weighted by Crippen LogP contribution is 2.13. The maximum absolute atomic E-state index is 12.7. The molecular formula is C20H30N6O2. The Morgan fingerprint density at radius 1 is 1.07 bits per heavy atom. The summed E-state index contributed by atoms with van der Waals surface area (Å²) in [5, 5.41) is 4.21. The quantitative estimate of drug-likeness (QED) is 0.726. The lowest BCUT2D eigenvalue weighted by molar-refractivity contribution is -0.134. The fraction of sp³-hybridized carbons (Fsp3) is 0.600. The Balaban J connectivity index is 1.47. The third-order valence-electron chi connectivity index (χ3n) is 5.33. The Kier molecular flexibility index (Phi) is 6.84. The second-order valence-corrected chi connectivity index (χ2v) is 7.29. The van der Waals surface area contributed by atoms with Crippen LogP contribution >= 0.6 is 0 Å². The lowest BCUT2D eigenvalue weighted by Gasteiger charge is -2.23. The molecular weight excluding hydrogens is 356 g/mol. The van der Waals surface area contributed by atoms with Gasteiger partial charge in [0.05, 0.1) is 6.04 Å². The van der Waals surface area contributed by atoms with E-state index >= 15 is 0 Å². The molecule has 2 amide bonds. The van der Waals surface area contributed by atoms with Gasteiger partial charge in [0.1, 0.15) is 5.82 Å². The third kappa shape index (κ3) is 4.99. The van der Waals surface area contributed by atoms with Crippen LogP contribution in [0.25, 0.3) is 0 Å². The number of carbonyl (C=O) groups is 2. The largest absolute Gasteiger partial charge is 0.341 e. The summed E-state index contributed by atoms with van der Waals surface area (Å²) in [6.45, 7) is 7.33. The maximum atomic E-state index is 12.7. The summed E-state index contributed by atoms with van der Waals surface area (Å²) in [5.41, 5.74) is 0. The molecule has 0 N–H and O–H groups in total. The zero-order valence-corrected chi connectivity index (χ0v) is 16.8. The average Bonchev–Trinajstić information content (AvgIpc) is 3.33. The molecule has 28 heavy (non-hydrogen) atoms. The van der Waals surface area contributed by atoms with Crippen LogP contribution in [0.2, 0.25) is 0 Å². The monoisotopic (exact) mass is 386 g/mol. The summed E-state index contributed by atoms with van der Waals surface area (Å²) in [7, 11) is 0. The Morgan fingerprint density at radius 2 is 1.82 bits per heavy atom. The van der Waals surface area contributed by atoms with Crippen molar-refractivity contribution in [3.8, 4) is 0 Å². The molecule has 0 aromatic carbocycles. The molecule has 1 aliphatic rings. The fourth-order valence-corrected chi connectivity index (χ4v) is 3.67. The summed E-state index contributed by atoms with van der Waals surface area (Å²) in [5.74, 6) is 1.28. The number of nitrogens with zero attached hydrogens (tertiary/aromatic N) is 6. The van der Waals surface area contributed by atoms with Crippen molar-refractivity contribution >= 4 is 11.8 Å². The first-order valence-corrected chi connectivity index (χ1v) is 10.1. The van der Waals surface area contributed by atoms with Crippen molar-refractivity contribution in [2.75, 3.05) is 26.2 Å². The Hall–Kier alpha value is -2.64. The lowest BCUT2D eigenvalue weighted by Crippen LogP contribution is -2.38. The molecule has 1 aliphatic heterocycles. The lowest BCUT2D eigenvalue weighted by atomic mass is 10.2. The van der Waals surface area contributed by atoms with Crippen molar-refractivity contribution in [1.82, 2.24) is 29.1 Å². The highest BCUT2D eigenvalue weighted by Gasteiger charge is 2.23. The van der Waals surface area contributed by atoms with E-state index in [1.165, 1.54) is 0 Å². The average molecular weight is 387 g/mol. The van der Waals surface area contributed by atoms with Crippen molar-refractivity contribution in [3.05, 3.63) is 36.7 Å². The SMILES string of the molecule is CCc1nccn1CCC(=O)N1CCCN(C(=O)CC(C)n2cccn2)CC1. The van der Waals surface area contributed by atoms with E-state index in [1.807, 2.05) is 44.4 Å². The molecule has 3 rings (SSSR count). The van der Waals surface area contributed by atoms with Crippen molar-refractivity contribution in [2.45, 2.75) is 52.1 Å². The van der Waals surface area contributed by atoms with Gasteiger partial charge in [0.25, 0.3) is 0 Å². The number of aromatic nitrogens is 4. The summed E-state index contributed by atoms with van der Waals surface area (Å²) in [6.07, 6.45) is 9.88. The van der Waals surface area contributed by atoms with E-state index in [-0.39, 0.29) is 17.9 Å². The number of hydrogen-bond acceptors (Lipinski definition) is 4. The van der Waals surface area contributed by atoms with Gasteiger partial charge in [-0.3, -0.25) is 14.3 Å². The van der Waals surface area contributed by atoms with Gasteiger partial charge < -0.3 is 14.4 Å². The van der Waals surface area contributed by atoms with Crippen LogP contribution < -0.4 is 0 Å². The van der Waals surface area contributed by atoms with Gasteiger partial charge in [-0.15, -0.1) is 0 Å². The molecule has 0 spiro atoms. The molecule has 152 valence electrons. The van der Waals surface area contributed by atoms with E-state index in [4.69, 9.17) is 0 Å². The normalized spacial score (nSPS) is 16.1. The minimum atomic E-state index is 0.0337. The number of carbonyl (C=O) groups excluding carboxylic acids is 2. The van der Waals surface area contributed by atoms with Gasteiger partial charge >= 0.3 is 0 Å². The molecule has 2 aromatic rings. The Morgan fingerprint density at radius 3 is 2.50 bits per heavy atom. The number of aryl methyl sites for hydroxylation is 2. The van der Waals surface area contributed by atoms with Crippen molar-refractivity contribution < 1.29 is 9.59 Å².